The van der Waals surface area contributed by atoms with Crippen molar-refractivity contribution in [3.05, 3.63) is 41.5 Å². The second-order valence-electron chi connectivity index (χ2n) is 4.63. The number of Topliss-reactive ketones (excluding diaryl/α,β-unsaturated/α-hetero) is 1. The van der Waals surface area contributed by atoms with Gasteiger partial charge in [-0.2, -0.15) is 0 Å². The average molecular weight is 275 g/mol. The number of amides is 1. The topological polar surface area (TPSA) is 68.3 Å². The zero-order chi connectivity index (χ0) is 14.7. The molecule has 106 valence electrons. The van der Waals surface area contributed by atoms with Gasteiger partial charge in [0, 0.05) is 26.4 Å². The maximum atomic E-state index is 12.1. The van der Waals surface area contributed by atoms with Crippen molar-refractivity contribution in [1.29, 1.82) is 0 Å². The molecule has 0 radical (unpaired) electrons. The summed E-state index contributed by atoms with van der Waals surface area (Å²) in [5, 5.41) is 3.85. The van der Waals surface area contributed by atoms with Crippen LogP contribution in [-0.2, 0) is 24.8 Å². The Morgan fingerprint density at radius 1 is 1.45 bits per heavy atom. The van der Waals surface area contributed by atoms with Gasteiger partial charge in [-0.3, -0.25) is 9.59 Å². The van der Waals surface area contributed by atoms with Crippen LogP contribution in [0, 0.1) is 0 Å². The third kappa shape index (κ3) is 2.79. The molecule has 0 atom stereocenters. The van der Waals surface area contributed by atoms with Crippen LogP contribution < -0.4 is 0 Å². The summed E-state index contributed by atoms with van der Waals surface area (Å²) < 4.78 is 6.73. The van der Waals surface area contributed by atoms with E-state index >= 15 is 0 Å². The fourth-order valence-electron chi connectivity index (χ4n) is 1.88. The Balaban J connectivity index is 2.05. The van der Waals surface area contributed by atoms with E-state index in [0.29, 0.717) is 11.5 Å². The predicted octanol–water partition coefficient (Wildman–Crippen LogP) is 1.42. The fourth-order valence-corrected chi connectivity index (χ4v) is 1.88. The van der Waals surface area contributed by atoms with Gasteiger partial charge < -0.3 is 14.0 Å². The lowest BCUT2D eigenvalue weighted by Gasteiger charge is -2.14. The number of likely N-dealkylation sites (N-methyl/N-ethyl adjacent to an activating group) is 1. The molecule has 0 aliphatic rings. The largest absolute Gasteiger partial charge is 0.359 e. The molecule has 0 unspecified atom stereocenters. The summed E-state index contributed by atoms with van der Waals surface area (Å²) >= 11 is 0. The number of carbonyl (C=O) groups is 2. The standard InChI is InChI=1S/C14H17N3O3/c1-4-10-8-11(20-15-10)9-17(3)14(19)13(18)12-6-5-7-16(12)2/h5-8H,4,9H2,1-3H3. The van der Waals surface area contributed by atoms with Crippen molar-refractivity contribution in [2.24, 2.45) is 7.05 Å². The number of aromatic nitrogens is 2. The van der Waals surface area contributed by atoms with E-state index < -0.39 is 11.7 Å². The van der Waals surface area contributed by atoms with Crippen molar-refractivity contribution in [1.82, 2.24) is 14.6 Å². The lowest BCUT2D eigenvalue weighted by Crippen LogP contribution is -2.33. The van der Waals surface area contributed by atoms with E-state index in [1.807, 2.05) is 6.92 Å². The molecular formula is C14H17N3O3. The lowest BCUT2D eigenvalue weighted by molar-refractivity contribution is -0.126. The van der Waals surface area contributed by atoms with Crippen LogP contribution in [0.5, 0.6) is 0 Å². The molecule has 20 heavy (non-hydrogen) atoms. The third-order valence-corrected chi connectivity index (χ3v) is 3.08. The normalized spacial score (nSPS) is 10.6. The highest BCUT2D eigenvalue weighted by Crippen LogP contribution is 2.09. The molecule has 0 bridgehead atoms. The van der Waals surface area contributed by atoms with Crippen molar-refractivity contribution in [2.75, 3.05) is 7.05 Å². The number of nitrogens with zero attached hydrogens (tertiary/aromatic N) is 3. The van der Waals surface area contributed by atoms with Gasteiger partial charge in [-0.15, -0.1) is 0 Å². The fraction of sp³-hybridized carbons (Fsp3) is 0.357. The molecule has 2 heterocycles. The first kappa shape index (κ1) is 14.0. The molecular weight excluding hydrogens is 258 g/mol. The van der Waals surface area contributed by atoms with Crippen molar-refractivity contribution < 1.29 is 14.1 Å². The number of hydrogen-bond acceptors (Lipinski definition) is 4. The van der Waals surface area contributed by atoms with Crippen LogP contribution in [0.1, 0.15) is 28.9 Å². The summed E-state index contributed by atoms with van der Waals surface area (Å²) in [6, 6.07) is 5.14. The van der Waals surface area contributed by atoms with Crippen LogP contribution in [0.15, 0.2) is 28.9 Å². The summed E-state index contributed by atoms with van der Waals surface area (Å²) in [5.74, 6) is -0.533. The van der Waals surface area contributed by atoms with Crippen LogP contribution in [0.4, 0.5) is 0 Å². The maximum absolute atomic E-state index is 12.1. The van der Waals surface area contributed by atoms with E-state index in [0.717, 1.165) is 12.1 Å². The van der Waals surface area contributed by atoms with Crippen LogP contribution >= 0.6 is 0 Å². The first-order valence-corrected chi connectivity index (χ1v) is 6.38. The SMILES string of the molecule is CCc1cc(CN(C)C(=O)C(=O)c2cccn2C)on1. The Kier molecular flexibility index (Phi) is 4.02. The monoisotopic (exact) mass is 275 g/mol. The quantitative estimate of drug-likeness (QED) is 0.611. The molecule has 2 aromatic rings. The van der Waals surface area contributed by atoms with Crippen molar-refractivity contribution in [3.8, 4) is 0 Å². The molecule has 0 aromatic carbocycles. The molecule has 0 spiro atoms. The maximum Gasteiger partial charge on any atom is 0.296 e. The van der Waals surface area contributed by atoms with E-state index in [1.54, 1.807) is 43.1 Å². The van der Waals surface area contributed by atoms with Gasteiger partial charge in [0.05, 0.1) is 17.9 Å². The lowest BCUT2D eigenvalue weighted by atomic mass is 10.2. The Morgan fingerprint density at radius 2 is 2.20 bits per heavy atom. The van der Waals surface area contributed by atoms with Crippen LogP contribution in [0.2, 0.25) is 0 Å². The number of hydrogen-bond donors (Lipinski definition) is 0. The second kappa shape index (κ2) is 5.73. The van der Waals surface area contributed by atoms with Crippen LogP contribution in [0.3, 0.4) is 0 Å². The van der Waals surface area contributed by atoms with Gasteiger partial charge in [0.25, 0.3) is 11.7 Å². The molecule has 0 saturated carbocycles. The van der Waals surface area contributed by atoms with E-state index in [1.165, 1.54) is 4.90 Å². The smallest absolute Gasteiger partial charge is 0.296 e. The molecule has 0 saturated heterocycles. The Labute approximate surface area is 117 Å². The zero-order valence-electron chi connectivity index (χ0n) is 11.8. The summed E-state index contributed by atoms with van der Waals surface area (Å²) in [6.07, 6.45) is 2.49. The summed E-state index contributed by atoms with van der Waals surface area (Å²) in [6.45, 7) is 2.19. The second-order valence-corrected chi connectivity index (χ2v) is 4.63. The van der Waals surface area contributed by atoms with E-state index in [4.69, 9.17) is 4.52 Å². The minimum absolute atomic E-state index is 0.224. The van der Waals surface area contributed by atoms with Crippen molar-refractivity contribution >= 4 is 11.7 Å². The van der Waals surface area contributed by atoms with Gasteiger partial charge in [-0.1, -0.05) is 12.1 Å². The number of aryl methyl sites for hydroxylation is 2. The Bertz CT molecular complexity index is 627. The van der Waals surface area contributed by atoms with Gasteiger partial charge in [-0.05, 0) is 18.6 Å². The highest BCUT2D eigenvalue weighted by molar-refractivity contribution is 6.42. The minimum Gasteiger partial charge on any atom is -0.359 e. The summed E-state index contributed by atoms with van der Waals surface area (Å²) in [4.78, 5) is 25.5. The molecule has 6 heteroatoms. The van der Waals surface area contributed by atoms with Gasteiger partial charge >= 0.3 is 0 Å². The Hall–Kier alpha value is -2.37. The van der Waals surface area contributed by atoms with E-state index in [-0.39, 0.29) is 6.54 Å². The molecule has 0 aliphatic carbocycles. The molecule has 2 aromatic heterocycles. The van der Waals surface area contributed by atoms with Crippen molar-refractivity contribution in [3.63, 3.8) is 0 Å². The first-order chi connectivity index (χ1) is 9.52. The van der Waals surface area contributed by atoms with Gasteiger partial charge in [0.2, 0.25) is 0 Å². The Morgan fingerprint density at radius 3 is 2.75 bits per heavy atom. The first-order valence-electron chi connectivity index (χ1n) is 6.38. The summed E-state index contributed by atoms with van der Waals surface area (Å²) in [7, 11) is 3.29. The predicted molar refractivity (Wildman–Crippen MR) is 72.1 cm³/mol. The summed E-state index contributed by atoms with van der Waals surface area (Å²) in [5.41, 5.74) is 1.20. The highest BCUT2D eigenvalue weighted by Gasteiger charge is 2.23. The molecule has 2 rings (SSSR count). The molecule has 0 fully saturated rings. The number of carbonyl (C=O) groups excluding carboxylic acids is 2. The number of ketones is 1. The third-order valence-electron chi connectivity index (χ3n) is 3.08. The van der Waals surface area contributed by atoms with Crippen LogP contribution in [0.25, 0.3) is 0 Å². The highest BCUT2D eigenvalue weighted by atomic mass is 16.5. The van der Waals surface area contributed by atoms with Crippen molar-refractivity contribution in [2.45, 2.75) is 19.9 Å². The van der Waals surface area contributed by atoms with E-state index in [2.05, 4.69) is 5.16 Å². The molecule has 0 N–H and O–H groups in total. The zero-order valence-corrected chi connectivity index (χ0v) is 11.8. The molecule has 1 amide bonds. The van der Waals surface area contributed by atoms with Gasteiger partial charge in [0.1, 0.15) is 0 Å². The van der Waals surface area contributed by atoms with E-state index in [9.17, 15) is 9.59 Å². The van der Waals surface area contributed by atoms with Gasteiger partial charge in [0.15, 0.2) is 5.76 Å². The average Bonchev–Trinajstić information content (AvgIpc) is 3.05. The minimum atomic E-state index is -0.568. The number of rotatable bonds is 5. The van der Waals surface area contributed by atoms with Gasteiger partial charge in [-0.25, -0.2) is 0 Å². The molecule has 0 aliphatic heterocycles. The van der Waals surface area contributed by atoms with Crippen LogP contribution in [-0.4, -0.2) is 33.4 Å². The molecule has 6 nitrogen and oxygen atoms in total.